The van der Waals surface area contributed by atoms with Crippen molar-refractivity contribution in [3.05, 3.63) is 35.4 Å². The fourth-order valence-corrected chi connectivity index (χ4v) is 3.94. The van der Waals surface area contributed by atoms with E-state index in [0.717, 1.165) is 4.90 Å². The molecule has 31 heavy (non-hydrogen) atoms. The zero-order valence-corrected chi connectivity index (χ0v) is 16.9. The number of amides is 4. The number of nitrogens with zero attached hydrogens (tertiary/aromatic N) is 4. The number of hydrogen-bond acceptors (Lipinski definition) is 5. The van der Waals surface area contributed by atoms with Crippen LogP contribution in [-0.4, -0.2) is 71.1 Å². The van der Waals surface area contributed by atoms with Crippen LogP contribution in [0.3, 0.4) is 0 Å². The molecule has 0 saturated carbocycles. The van der Waals surface area contributed by atoms with Crippen molar-refractivity contribution < 1.29 is 27.6 Å². The average molecular weight is 437 g/mol. The Morgan fingerprint density at radius 3 is 2.68 bits per heavy atom. The molecule has 1 aromatic rings. The van der Waals surface area contributed by atoms with Gasteiger partial charge in [-0.2, -0.15) is 18.4 Å². The third-order valence-corrected chi connectivity index (χ3v) is 5.57. The van der Waals surface area contributed by atoms with Crippen LogP contribution in [0, 0.1) is 11.3 Å². The van der Waals surface area contributed by atoms with Crippen molar-refractivity contribution in [2.45, 2.75) is 44.2 Å². The number of urea groups is 1. The Hall–Kier alpha value is -3.13. The van der Waals surface area contributed by atoms with Crippen LogP contribution in [0.4, 0.5) is 18.0 Å². The lowest BCUT2D eigenvalue weighted by Crippen LogP contribution is -2.63. The van der Waals surface area contributed by atoms with Crippen LogP contribution in [0.2, 0.25) is 0 Å². The maximum absolute atomic E-state index is 12.9. The summed E-state index contributed by atoms with van der Waals surface area (Å²) in [6.07, 6.45) is -4.83. The number of piperidine rings is 1. The number of imide groups is 1. The zero-order chi connectivity index (χ0) is 22.8. The van der Waals surface area contributed by atoms with Gasteiger partial charge in [-0.1, -0.05) is 18.2 Å². The molecule has 1 unspecified atom stereocenters. The van der Waals surface area contributed by atoms with Gasteiger partial charge in [-0.3, -0.25) is 19.4 Å². The Kier molecular flexibility index (Phi) is 6.50. The Morgan fingerprint density at radius 1 is 1.29 bits per heavy atom. The van der Waals surface area contributed by atoms with Crippen LogP contribution in [0.25, 0.3) is 0 Å². The second kappa shape index (κ2) is 8.93. The molecule has 11 heteroatoms. The number of nitriles is 1. The Balaban J connectivity index is 1.82. The number of carbonyl (C=O) groups is 3. The van der Waals surface area contributed by atoms with Crippen molar-refractivity contribution in [2.24, 2.45) is 0 Å². The van der Waals surface area contributed by atoms with Gasteiger partial charge in [-0.15, -0.1) is 0 Å². The summed E-state index contributed by atoms with van der Waals surface area (Å²) in [4.78, 5) is 40.8. The number of alkyl halides is 3. The lowest BCUT2D eigenvalue weighted by atomic mass is 10.0. The van der Waals surface area contributed by atoms with Gasteiger partial charge in [-0.05, 0) is 24.5 Å². The molecule has 3 rings (SSSR count). The van der Waals surface area contributed by atoms with Gasteiger partial charge >= 0.3 is 18.1 Å². The topological polar surface area (TPSA) is 96.8 Å². The first-order valence-corrected chi connectivity index (χ1v) is 9.78. The van der Waals surface area contributed by atoms with Crippen LogP contribution < -0.4 is 5.32 Å². The quantitative estimate of drug-likeness (QED) is 0.775. The van der Waals surface area contributed by atoms with E-state index in [2.05, 4.69) is 6.07 Å². The first-order chi connectivity index (χ1) is 14.6. The van der Waals surface area contributed by atoms with Gasteiger partial charge < -0.3 is 10.2 Å². The summed E-state index contributed by atoms with van der Waals surface area (Å²) >= 11 is 0. The van der Waals surface area contributed by atoms with Crippen molar-refractivity contribution in [3.63, 3.8) is 0 Å². The van der Waals surface area contributed by atoms with E-state index in [-0.39, 0.29) is 19.5 Å². The summed E-state index contributed by atoms with van der Waals surface area (Å²) in [6.45, 7) is 0.609. The molecule has 8 nitrogen and oxygen atoms in total. The molecule has 2 saturated heterocycles. The van der Waals surface area contributed by atoms with Gasteiger partial charge in [0.2, 0.25) is 5.91 Å². The molecule has 1 N–H and O–H groups in total. The molecule has 2 fully saturated rings. The third-order valence-electron chi connectivity index (χ3n) is 5.57. The molecule has 4 amide bonds. The summed E-state index contributed by atoms with van der Waals surface area (Å²) in [5.41, 5.74) is 0.993. The molecule has 0 radical (unpaired) electrons. The lowest BCUT2D eigenvalue weighted by molar-refractivity contribution is -0.175. The standard InChI is InChI=1S/C20H22F3N5O3/c1-26-17(29)9-16(27-8-4-7-15(12-27)25-18(30)20(21,22)23)28(19(26)31)11-14-6-3-2-5-13(14)10-24/h2-3,5-6,15-16H,4,7-9,11-12H2,1H3,(H,25,30)/t15-,16?/m1/s1. The fourth-order valence-electron chi connectivity index (χ4n) is 3.94. The van der Waals surface area contributed by atoms with Gasteiger partial charge in [0, 0.05) is 26.2 Å². The molecule has 2 aliphatic rings. The van der Waals surface area contributed by atoms with E-state index in [1.54, 1.807) is 29.2 Å². The second-order valence-corrected chi connectivity index (χ2v) is 7.62. The van der Waals surface area contributed by atoms with Gasteiger partial charge in [0.25, 0.3) is 0 Å². The van der Waals surface area contributed by atoms with Crippen LogP contribution in [0.5, 0.6) is 0 Å². The minimum Gasteiger partial charge on any atom is -0.344 e. The largest absolute Gasteiger partial charge is 0.471 e. The molecule has 1 aromatic carbocycles. The summed E-state index contributed by atoms with van der Waals surface area (Å²) in [6, 6.07) is 7.54. The molecular weight excluding hydrogens is 415 g/mol. The highest BCUT2D eigenvalue weighted by atomic mass is 19.4. The Labute approximate surface area is 177 Å². The van der Waals surface area contributed by atoms with Crippen LogP contribution in [-0.2, 0) is 16.1 Å². The van der Waals surface area contributed by atoms with E-state index in [1.807, 2.05) is 5.32 Å². The van der Waals surface area contributed by atoms with E-state index in [1.165, 1.54) is 11.9 Å². The predicted molar refractivity (Wildman–Crippen MR) is 102 cm³/mol. The molecular formula is C20H22F3N5O3. The second-order valence-electron chi connectivity index (χ2n) is 7.62. The molecule has 2 aliphatic heterocycles. The highest BCUT2D eigenvalue weighted by Crippen LogP contribution is 2.26. The smallest absolute Gasteiger partial charge is 0.344 e. The van der Waals surface area contributed by atoms with Gasteiger partial charge in [0.15, 0.2) is 0 Å². The number of likely N-dealkylation sites (tertiary alicyclic amines) is 1. The number of carbonyl (C=O) groups excluding carboxylic acids is 3. The van der Waals surface area contributed by atoms with Crippen molar-refractivity contribution in [1.82, 2.24) is 20.0 Å². The molecule has 0 aromatic heterocycles. The monoisotopic (exact) mass is 437 g/mol. The van der Waals surface area contributed by atoms with Gasteiger partial charge in [0.1, 0.15) is 0 Å². The molecule has 166 valence electrons. The first kappa shape index (κ1) is 22.6. The lowest BCUT2D eigenvalue weighted by Gasteiger charge is -2.46. The van der Waals surface area contributed by atoms with E-state index >= 15 is 0 Å². The summed E-state index contributed by atoms with van der Waals surface area (Å²) in [7, 11) is 1.37. The van der Waals surface area contributed by atoms with E-state index < -0.39 is 36.2 Å². The third kappa shape index (κ3) is 4.96. The molecule has 0 spiro atoms. The highest BCUT2D eigenvalue weighted by Gasteiger charge is 2.43. The molecule has 2 atom stereocenters. The molecule has 0 aliphatic carbocycles. The van der Waals surface area contributed by atoms with Gasteiger partial charge in [0.05, 0.1) is 30.8 Å². The summed E-state index contributed by atoms with van der Waals surface area (Å²) < 4.78 is 37.9. The van der Waals surface area contributed by atoms with Crippen molar-refractivity contribution >= 4 is 17.8 Å². The van der Waals surface area contributed by atoms with Crippen LogP contribution in [0.15, 0.2) is 24.3 Å². The van der Waals surface area contributed by atoms with E-state index in [4.69, 9.17) is 0 Å². The SMILES string of the molecule is CN1C(=O)CC(N2CCC[C@@H](NC(=O)C(F)(F)F)C2)N(Cc2ccccc2C#N)C1=O. The number of rotatable bonds is 4. The Bertz CT molecular complexity index is 914. The van der Waals surface area contributed by atoms with E-state index in [0.29, 0.717) is 30.5 Å². The van der Waals surface area contributed by atoms with Crippen LogP contribution in [0.1, 0.15) is 30.4 Å². The Morgan fingerprint density at radius 2 is 2.00 bits per heavy atom. The minimum atomic E-state index is -4.98. The normalized spacial score (nSPS) is 22.9. The van der Waals surface area contributed by atoms with Crippen molar-refractivity contribution in [3.8, 4) is 6.07 Å². The van der Waals surface area contributed by atoms with E-state index in [9.17, 15) is 32.8 Å². The molecule has 2 heterocycles. The zero-order valence-electron chi connectivity index (χ0n) is 16.9. The fraction of sp³-hybridized carbons (Fsp3) is 0.500. The number of nitrogens with one attached hydrogen (secondary N) is 1. The van der Waals surface area contributed by atoms with Gasteiger partial charge in [-0.25, -0.2) is 4.79 Å². The van der Waals surface area contributed by atoms with Crippen molar-refractivity contribution in [2.75, 3.05) is 20.1 Å². The van der Waals surface area contributed by atoms with Crippen LogP contribution >= 0.6 is 0 Å². The van der Waals surface area contributed by atoms with Crippen molar-refractivity contribution in [1.29, 1.82) is 5.26 Å². The average Bonchev–Trinajstić information content (AvgIpc) is 2.73. The number of halogens is 3. The highest BCUT2D eigenvalue weighted by molar-refractivity contribution is 5.97. The predicted octanol–water partition coefficient (Wildman–Crippen LogP) is 1.81. The maximum Gasteiger partial charge on any atom is 0.471 e. The summed E-state index contributed by atoms with van der Waals surface area (Å²) in [5, 5.41) is 11.3. The number of benzene rings is 1. The molecule has 0 bridgehead atoms. The minimum absolute atomic E-state index is 0.0309. The maximum atomic E-state index is 12.9. The summed E-state index contributed by atoms with van der Waals surface area (Å²) in [5.74, 6) is -2.41. The number of hydrogen-bond donors (Lipinski definition) is 1. The first-order valence-electron chi connectivity index (χ1n) is 9.78.